The summed E-state index contributed by atoms with van der Waals surface area (Å²) >= 11 is 0. The maximum Gasteiger partial charge on any atom is 0.140 e. The van der Waals surface area contributed by atoms with Gasteiger partial charge in [-0.2, -0.15) is 0 Å². The third-order valence-electron chi connectivity index (χ3n) is 5.62. The zero-order valence-corrected chi connectivity index (χ0v) is 15.0. The lowest BCUT2D eigenvalue weighted by Gasteiger charge is -2.37. The Hall–Kier alpha value is -2.01. The lowest BCUT2D eigenvalue weighted by atomic mass is 9.74. The van der Waals surface area contributed by atoms with Gasteiger partial charge in [0.1, 0.15) is 11.6 Å². The number of ketones is 1. The molecule has 2 aliphatic heterocycles. The predicted octanol–water partition coefficient (Wildman–Crippen LogP) is 2.47. The molecular weight excluding hydrogens is 314 g/mol. The van der Waals surface area contributed by atoms with Crippen LogP contribution in [0, 0.1) is 12.8 Å². The van der Waals surface area contributed by atoms with Crippen LogP contribution in [0.15, 0.2) is 34.3 Å². The van der Waals surface area contributed by atoms with Crippen LogP contribution >= 0.6 is 0 Å². The van der Waals surface area contributed by atoms with Crippen molar-refractivity contribution in [1.29, 1.82) is 0 Å². The molecule has 0 spiro atoms. The van der Waals surface area contributed by atoms with Crippen LogP contribution in [-0.4, -0.2) is 46.8 Å². The summed E-state index contributed by atoms with van der Waals surface area (Å²) in [5.41, 5.74) is 3.06. The van der Waals surface area contributed by atoms with Crippen LogP contribution in [-0.2, 0) is 4.79 Å². The Kier molecular flexibility index (Phi) is 3.99. The summed E-state index contributed by atoms with van der Waals surface area (Å²) < 4.78 is 0. The van der Waals surface area contributed by atoms with Gasteiger partial charge in [-0.25, -0.2) is 4.98 Å². The number of nitrogens with zero attached hydrogens (tertiary/aromatic N) is 3. The third kappa shape index (κ3) is 3.01. The largest absolute Gasteiger partial charge is 0.385 e. The number of hydrogen-bond donors (Lipinski definition) is 1. The summed E-state index contributed by atoms with van der Waals surface area (Å²) in [6.45, 7) is 6.27. The van der Waals surface area contributed by atoms with E-state index in [2.05, 4.69) is 22.0 Å². The first-order chi connectivity index (χ1) is 11.9. The number of Topliss-reactive ketones (excluding diaryl/α,β-unsaturated/α-hetero) is 1. The molecule has 0 bridgehead atoms. The number of carbonyl (C=O) groups excluding carboxylic acids is 1. The van der Waals surface area contributed by atoms with E-state index in [4.69, 9.17) is 4.99 Å². The molecule has 3 heterocycles. The lowest BCUT2D eigenvalue weighted by Crippen LogP contribution is -2.42. The van der Waals surface area contributed by atoms with Crippen molar-refractivity contribution < 1.29 is 9.90 Å². The van der Waals surface area contributed by atoms with Gasteiger partial charge in [0.25, 0.3) is 0 Å². The Labute approximate surface area is 148 Å². The normalized spacial score (nSPS) is 27.6. The molecule has 4 rings (SSSR count). The summed E-state index contributed by atoms with van der Waals surface area (Å²) in [6, 6.07) is 6.14. The second-order valence-electron chi connectivity index (χ2n) is 7.74. The molecule has 132 valence electrons. The number of rotatable bonds is 2. The number of aryl methyl sites for hydroxylation is 1. The highest BCUT2D eigenvalue weighted by Crippen LogP contribution is 2.40. The van der Waals surface area contributed by atoms with Gasteiger partial charge in [-0.3, -0.25) is 9.79 Å². The molecule has 1 N–H and O–H groups in total. The van der Waals surface area contributed by atoms with E-state index in [1.54, 1.807) is 6.92 Å². The van der Waals surface area contributed by atoms with Gasteiger partial charge < -0.3 is 10.0 Å². The van der Waals surface area contributed by atoms with Crippen molar-refractivity contribution in [2.24, 2.45) is 10.9 Å². The average molecular weight is 339 g/mol. The first kappa shape index (κ1) is 16.5. The van der Waals surface area contributed by atoms with Gasteiger partial charge in [-0.15, -0.1) is 0 Å². The van der Waals surface area contributed by atoms with Crippen LogP contribution in [0.3, 0.4) is 0 Å². The summed E-state index contributed by atoms with van der Waals surface area (Å²) in [6.07, 6.45) is 2.70. The molecular formula is C20H25N3O2. The van der Waals surface area contributed by atoms with Crippen LogP contribution in [0.4, 0.5) is 5.82 Å². The fourth-order valence-corrected chi connectivity index (χ4v) is 4.51. The van der Waals surface area contributed by atoms with E-state index in [-0.39, 0.29) is 12.2 Å². The summed E-state index contributed by atoms with van der Waals surface area (Å²) in [7, 11) is 0. The molecule has 1 aromatic rings. The second-order valence-corrected chi connectivity index (χ2v) is 7.74. The van der Waals surface area contributed by atoms with Crippen molar-refractivity contribution in [2.75, 3.05) is 24.5 Å². The number of aliphatic imine (C=N–C) groups is 1. The van der Waals surface area contributed by atoms with E-state index >= 15 is 0 Å². The van der Waals surface area contributed by atoms with E-state index in [1.807, 2.05) is 13.0 Å². The van der Waals surface area contributed by atoms with Gasteiger partial charge in [0, 0.05) is 48.8 Å². The molecule has 1 aromatic heterocycles. The summed E-state index contributed by atoms with van der Waals surface area (Å²) in [5.74, 6) is 1.54. The van der Waals surface area contributed by atoms with Crippen LogP contribution in [0.2, 0.25) is 0 Å². The van der Waals surface area contributed by atoms with E-state index in [1.165, 1.54) is 0 Å². The number of pyridine rings is 1. The topological polar surface area (TPSA) is 65.8 Å². The standard InChI is InChI=1S/C20H25N3O2/c1-13-4-3-5-17(22-13)23-8-6-14(7-9-23)19-18-15(12-21-19)10-16(24)11-20(18,2)25/h3-5,14,25H,6-12H2,1-2H3. The fourth-order valence-electron chi connectivity index (χ4n) is 4.51. The van der Waals surface area contributed by atoms with Gasteiger partial charge in [0.05, 0.1) is 12.1 Å². The smallest absolute Gasteiger partial charge is 0.140 e. The lowest BCUT2D eigenvalue weighted by molar-refractivity contribution is -0.122. The number of anilines is 1. The molecule has 1 fully saturated rings. The molecule has 5 heteroatoms. The maximum atomic E-state index is 11.9. The number of hydrogen-bond acceptors (Lipinski definition) is 5. The Morgan fingerprint density at radius 3 is 2.76 bits per heavy atom. The Bertz CT molecular complexity index is 771. The van der Waals surface area contributed by atoms with Crippen molar-refractivity contribution in [3.63, 3.8) is 0 Å². The first-order valence-corrected chi connectivity index (χ1v) is 9.14. The molecule has 0 amide bonds. The van der Waals surface area contributed by atoms with Crippen LogP contribution < -0.4 is 4.90 Å². The summed E-state index contributed by atoms with van der Waals surface area (Å²) in [4.78, 5) is 23.6. The molecule has 25 heavy (non-hydrogen) atoms. The summed E-state index contributed by atoms with van der Waals surface area (Å²) in [5, 5.41) is 10.8. The van der Waals surface area contributed by atoms with Crippen LogP contribution in [0.5, 0.6) is 0 Å². The third-order valence-corrected chi connectivity index (χ3v) is 5.62. The Balaban J connectivity index is 1.49. The maximum absolute atomic E-state index is 11.9. The molecule has 1 saturated heterocycles. The Morgan fingerprint density at radius 1 is 1.28 bits per heavy atom. The molecule has 1 unspecified atom stereocenters. The fraction of sp³-hybridized carbons (Fsp3) is 0.550. The molecule has 0 radical (unpaired) electrons. The highest BCUT2D eigenvalue weighted by atomic mass is 16.3. The highest BCUT2D eigenvalue weighted by molar-refractivity contribution is 6.08. The van der Waals surface area contributed by atoms with Crippen molar-refractivity contribution in [1.82, 2.24) is 4.98 Å². The highest BCUT2D eigenvalue weighted by Gasteiger charge is 2.43. The predicted molar refractivity (Wildman–Crippen MR) is 98.1 cm³/mol. The van der Waals surface area contributed by atoms with Gasteiger partial charge in [-0.05, 0) is 44.4 Å². The van der Waals surface area contributed by atoms with Crippen molar-refractivity contribution in [2.45, 2.75) is 45.1 Å². The van der Waals surface area contributed by atoms with Crippen LogP contribution in [0.1, 0.15) is 38.3 Å². The molecule has 0 saturated carbocycles. The quantitative estimate of drug-likeness (QED) is 0.899. The van der Waals surface area contributed by atoms with Gasteiger partial charge in [0.2, 0.25) is 0 Å². The first-order valence-electron chi connectivity index (χ1n) is 9.14. The minimum atomic E-state index is -1.05. The van der Waals surface area contributed by atoms with Gasteiger partial charge in [-0.1, -0.05) is 6.07 Å². The van der Waals surface area contributed by atoms with E-state index in [9.17, 15) is 9.90 Å². The molecule has 5 nitrogen and oxygen atoms in total. The number of aliphatic hydroxyl groups is 1. The Morgan fingerprint density at radius 2 is 2.04 bits per heavy atom. The second kappa shape index (κ2) is 6.06. The monoisotopic (exact) mass is 339 g/mol. The number of aromatic nitrogens is 1. The van der Waals surface area contributed by atoms with E-state index in [0.717, 1.165) is 54.3 Å². The molecule has 3 aliphatic rings. The van der Waals surface area contributed by atoms with Crippen molar-refractivity contribution >= 4 is 17.3 Å². The van der Waals surface area contributed by atoms with E-state index < -0.39 is 5.60 Å². The minimum Gasteiger partial charge on any atom is -0.385 e. The molecule has 0 aromatic carbocycles. The minimum absolute atomic E-state index is 0.126. The van der Waals surface area contributed by atoms with Gasteiger partial charge >= 0.3 is 0 Å². The zero-order valence-electron chi connectivity index (χ0n) is 15.0. The number of carbonyl (C=O) groups is 1. The zero-order chi connectivity index (χ0) is 17.6. The van der Waals surface area contributed by atoms with Gasteiger partial charge in [0.15, 0.2) is 0 Å². The number of piperidine rings is 1. The van der Waals surface area contributed by atoms with Crippen molar-refractivity contribution in [3.05, 3.63) is 35.0 Å². The molecule has 1 atom stereocenters. The van der Waals surface area contributed by atoms with E-state index in [0.29, 0.717) is 18.9 Å². The SMILES string of the molecule is Cc1cccc(N2CCC(C3=NCC4=C3C(C)(O)CC(=O)C4)CC2)n1. The van der Waals surface area contributed by atoms with Crippen LogP contribution in [0.25, 0.3) is 0 Å². The van der Waals surface area contributed by atoms with Crippen molar-refractivity contribution in [3.8, 4) is 0 Å². The average Bonchev–Trinajstić information content (AvgIpc) is 2.99. The molecule has 1 aliphatic carbocycles.